The number of amides is 1. The zero-order chi connectivity index (χ0) is 25.0. The average Bonchev–Trinajstić information content (AvgIpc) is 3.28. The van der Waals surface area contributed by atoms with Crippen LogP contribution in [0, 0.1) is 11.7 Å². The maximum absolute atomic E-state index is 13.6. The fraction of sp³-hybridized carbons (Fsp3) is 0.462. The van der Waals surface area contributed by atoms with Crippen molar-refractivity contribution in [2.75, 3.05) is 31.1 Å². The van der Waals surface area contributed by atoms with Gasteiger partial charge in [-0.3, -0.25) is 9.48 Å². The van der Waals surface area contributed by atoms with Crippen molar-refractivity contribution < 1.29 is 9.18 Å². The highest BCUT2D eigenvalue weighted by atomic mass is 19.1. The third kappa shape index (κ3) is 3.93. The Bertz CT molecular complexity index is 1470. The average molecular weight is 502 g/mol. The number of likely N-dealkylation sites (tertiary alicyclic amines) is 1. The van der Waals surface area contributed by atoms with E-state index >= 15 is 0 Å². The van der Waals surface area contributed by atoms with Crippen molar-refractivity contribution in [3.05, 3.63) is 48.4 Å². The molecule has 37 heavy (non-hydrogen) atoms. The molecule has 6 heterocycles. The van der Waals surface area contributed by atoms with Crippen LogP contribution in [0.25, 0.3) is 22.7 Å². The number of nitrogens with one attached hydrogen (secondary N) is 1. The summed E-state index contributed by atoms with van der Waals surface area (Å²) in [6.45, 7) is 3.35. The van der Waals surface area contributed by atoms with Crippen LogP contribution >= 0.6 is 0 Å². The molecule has 0 radical (unpaired) electrons. The second-order valence-corrected chi connectivity index (χ2v) is 10.3. The van der Waals surface area contributed by atoms with Gasteiger partial charge in [0.1, 0.15) is 17.1 Å². The zero-order valence-corrected chi connectivity index (χ0v) is 20.5. The second-order valence-electron chi connectivity index (χ2n) is 10.3. The molecule has 1 amide bonds. The minimum absolute atomic E-state index is 0.0246. The predicted octanol–water partition coefficient (Wildman–Crippen LogP) is 3.13. The van der Waals surface area contributed by atoms with Gasteiger partial charge in [0.2, 0.25) is 5.91 Å². The van der Waals surface area contributed by atoms with E-state index in [-0.39, 0.29) is 17.6 Å². The van der Waals surface area contributed by atoms with Gasteiger partial charge in [-0.15, -0.1) is 0 Å². The summed E-state index contributed by atoms with van der Waals surface area (Å²) in [4.78, 5) is 39.3. The first-order chi connectivity index (χ1) is 18.1. The number of hydrogen-bond acceptors (Lipinski definition) is 7. The van der Waals surface area contributed by atoms with Crippen LogP contribution < -0.4 is 4.90 Å². The van der Waals surface area contributed by atoms with E-state index in [1.165, 1.54) is 12.4 Å². The number of hydrogen-bond donors (Lipinski definition) is 1. The fourth-order valence-corrected chi connectivity index (χ4v) is 5.69. The van der Waals surface area contributed by atoms with Gasteiger partial charge < -0.3 is 14.8 Å². The van der Waals surface area contributed by atoms with Crippen molar-refractivity contribution in [3.8, 4) is 11.5 Å². The summed E-state index contributed by atoms with van der Waals surface area (Å²) in [5.41, 5.74) is 1.57. The molecule has 1 atom stereocenters. The molecule has 4 aromatic heterocycles. The van der Waals surface area contributed by atoms with Gasteiger partial charge in [0.05, 0.1) is 23.8 Å². The highest BCUT2D eigenvalue weighted by Crippen LogP contribution is 2.47. The highest BCUT2D eigenvalue weighted by Gasteiger charge is 2.50. The van der Waals surface area contributed by atoms with Gasteiger partial charge in [-0.1, -0.05) is 0 Å². The molecule has 0 spiro atoms. The molecule has 10 nitrogen and oxygen atoms in total. The largest absolute Gasteiger partial charge is 0.356 e. The van der Waals surface area contributed by atoms with E-state index in [1.54, 1.807) is 16.9 Å². The molecule has 11 heteroatoms. The van der Waals surface area contributed by atoms with Crippen molar-refractivity contribution in [2.24, 2.45) is 5.92 Å². The Morgan fingerprint density at radius 2 is 1.92 bits per heavy atom. The maximum atomic E-state index is 13.6. The summed E-state index contributed by atoms with van der Waals surface area (Å²) < 4.78 is 15.2. The Morgan fingerprint density at radius 3 is 2.70 bits per heavy atom. The summed E-state index contributed by atoms with van der Waals surface area (Å²) in [7, 11) is 0. The molecular weight excluding hydrogens is 473 g/mol. The van der Waals surface area contributed by atoms with Crippen molar-refractivity contribution in [1.82, 2.24) is 39.6 Å². The van der Waals surface area contributed by atoms with Crippen LogP contribution in [0.2, 0.25) is 0 Å². The number of halogens is 1. The van der Waals surface area contributed by atoms with Crippen molar-refractivity contribution >= 4 is 22.9 Å². The summed E-state index contributed by atoms with van der Waals surface area (Å²) in [6.07, 6.45) is 10.0. The van der Waals surface area contributed by atoms with E-state index in [0.29, 0.717) is 29.5 Å². The number of carbonyl (C=O) groups is 1. The number of piperidine rings is 1. The molecule has 1 saturated carbocycles. The Kier molecular flexibility index (Phi) is 5.19. The molecule has 1 aliphatic carbocycles. The minimum Gasteiger partial charge on any atom is -0.356 e. The second kappa shape index (κ2) is 8.60. The lowest BCUT2D eigenvalue weighted by Crippen LogP contribution is -2.44. The smallest absolute Gasteiger partial charge is 0.227 e. The van der Waals surface area contributed by atoms with Crippen LogP contribution in [-0.2, 0) is 10.3 Å². The van der Waals surface area contributed by atoms with Crippen LogP contribution in [0.1, 0.15) is 44.3 Å². The number of imidazole rings is 1. The SMILES string of the molecule is O=C([C@@H]1CCCN(c2ccc3[nH]c(-c4ccnc(C5(n6cc(F)cn6)CC5)n4)nc3n2)C1)N1CCCC1. The normalized spacial score (nSPS) is 21.1. The Balaban J connectivity index is 1.14. The van der Waals surface area contributed by atoms with Gasteiger partial charge in [0.25, 0.3) is 0 Å². The third-order valence-electron chi connectivity index (χ3n) is 7.87. The topological polar surface area (TPSA) is 109 Å². The summed E-state index contributed by atoms with van der Waals surface area (Å²) in [5, 5.41) is 4.16. The molecule has 190 valence electrons. The number of pyridine rings is 1. The van der Waals surface area contributed by atoms with Crippen LogP contribution in [0.5, 0.6) is 0 Å². The highest BCUT2D eigenvalue weighted by molar-refractivity contribution is 5.80. The van der Waals surface area contributed by atoms with Gasteiger partial charge >= 0.3 is 0 Å². The lowest BCUT2D eigenvalue weighted by molar-refractivity contribution is -0.134. The van der Waals surface area contributed by atoms with Crippen molar-refractivity contribution in [2.45, 2.75) is 44.1 Å². The first-order valence-electron chi connectivity index (χ1n) is 13.0. The number of anilines is 1. The van der Waals surface area contributed by atoms with Crippen LogP contribution in [0.4, 0.5) is 10.2 Å². The zero-order valence-electron chi connectivity index (χ0n) is 20.5. The monoisotopic (exact) mass is 501 g/mol. The number of rotatable bonds is 5. The van der Waals surface area contributed by atoms with Gasteiger partial charge in [-0.05, 0) is 56.7 Å². The Morgan fingerprint density at radius 1 is 1.05 bits per heavy atom. The van der Waals surface area contributed by atoms with Gasteiger partial charge in [-0.2, -0.15) is 5.10 Å². The molecular formula is C26H28FN9O. The fourth-order valence-electron chi connectivity index (χ4n) is 5.69. The first kappa shape index (κ1) is 22.3. The van der Waals surface area contributed by atoms with E-state index in [9.17, 15) is 9.18 Å². The number of aromatic amines is 1. The van der Waals surface area contributed by atoms with Gasteiger partial charge in [-0.25, -0.2) is 24.3 Å². The molecule has 1 N–H and O–H groups in total. The van der Waals surface area contributed by atoms with Gasteiger partial charge in [0, 0.05) is 32.4 Å². The quantitative estimate of drug-likeness (QED) is 0.448. The number of carbonyl (C=O) groups excluding carboxylic acids is 1. The van der Waals surface area contributed by atoms with E-state index in [1.807, 2.05) is 17.0 Å². The molecule has 3 fully saturated rings. The predicted molar refractivity (Wildman–Crippen MR) is 134 cm³/mol. The van der Waals surface area contributed by atoms with Crippen LogP contribution in [0.15, 0.2) is 36.8 Å². The lowest BCUT2D eigenvalue weighted by atomic mass is 9.96. The number of aromatic nitrogens is 7. The molecule has 0 unspecified atom stereocenters. The summed E-state index contributed by atoms with van der Waals surface area (Å²) in [5.74, 6) is 1.98. The molecule has 4 aromatic rings. The molecule has 3 aliphatic rings. The molecule has 0 bridgehead atoms. The summed E-state index contributed by atoms with van der Waals surface area (Å²) in [6, 6.07) is 5.78. The molecule has 2 saturated heterocycles. The Hall–Kier alpha value is -3.89. The summed E-state index contributed by atoms with van der Waals surface area (Å²) >= 11 is 0. The van der Waals surface area contributed by atoms with E-state index in [0.717, 1.165) is 69.5 Å². The number of nitrogens with zero attached hydrogens (tertiary/aromatic N) is 8. The molecule has 0 aromatic carbocycles. The minimum atomic E-state index is -0.505. The van der Waals surface area contributed by atoms with E-state index < -0.39 is 5.54 Å². The maximum Gasteiger partial charge on any atom is 0.227 e. The first-order valence-corrected chi connectivity index (χ1v) is 13.0. The number of H-pyrrole nitrogens is 1. The van der Waals surface area contributed by atoms with Crippen molar-refractivity contribution in [1.29, 1.82) is 0 Å². The van der Waals surface area contributed by atoms with Crippen LogP contribution in [0.3, 0.4) is 0 Å². The Labute approximate surface area is 212 Å². The third-order valence-corrected chi connectivity index (χ3v) is 7.87. The van der Waals surface area contributed by atoms with Crippen LogP contribution in [-0.4, -0.2) is 71.7 Å². The number of fused-ring (bicyclic) bond motifs is 1. The van der Waals surface area contributed by atoms with E-state index in [4.69, 9.17) is 15.0 Å². The lowest BCUT2D eigenvalue weighted by Gasteiger charge is -2.34. The standard InChI is InChI=1S/C26H28FN9O/c27-18-14-29-36(16-18)26(8-9-26)25-28-10-7-20(31-25)22-30-19-5-6-21(32-23(19)33-22)35-13-3-4-17(15-35)24(37)34-11-1-2-12-34/h5-7,10,14,16-17H,1-4,8-9,11-13,15H2,(H,30,32,33)/t17-/m1/s1. The van der Waals surface area contributed by atoms with Gasteiger partial charge in [0.15, 0.2) is 23.1 Å². The molecule has 7 rings (SSSR count). The molecule has 2 aliphatic heterocycles. The van der Waals surface area contributed by atoms with Crippen molar-refractivity contribution in [3.63, 3.8) is 0 Å². The van der Waals surface area contributed by atoms with E-state index in [2.05, 4.69) is 20.0 Å².